The molecule has 1 heterocycles. The number of likely N-dealkylation sites (tertiary alicyclic amines) is 1. The molecule has 1 aromatic rings. The predicted molar refractivity (Wildman–Crippen MR) is 68.7 cm³/mol. The van der Waals surface area contributed by atoms with Crippen LogP contribution in [0.25, 0.3) is 0 Å². The number of aliphatic hydroxyl groups excluding tert-OH is 1. The number of benzene rings is 1. The molecule has 0 spiro atoms. The summed E-state index contributed by atoms with van der Waals surface area (Å²) in [6.45, 7) is 0.757. The second-order valence-electron chi connectivity index (χ2n) is 4.36. The Morgan fingerprint density at radius 3 is 2.72 bits per heavy atom. The summed E-state index contributed by atoms with van der Waals surface area (Å²) in [6.07, 6.45) is -0.296. The van der Waals surface area contributed by atoms with Crippen LogP contribution in [0.5, 0.6) is 0 Å². The number of anilines is 1. The van der Waals surface area contributed by atoms with Gasteiger partial charge in [0.2, 0.25) is 0 Å². The van der Waals surface area contributed by atoms with Gasteiger partial charge in [0.15, 0.2) is 0 Å². The van der Waals surface area contributed by atoms with Crippen LogP contribution in [-0.2, 0) is 4.79 Å². The Kier molecular flexibility index (Phi) is 4.06. The number of hydrogen-bond donors (Lipinski definition) is 3. The molecule has 1 fully saturated rings. The number of carbonyl (C=O) groups is 1. The van der Waals surface area contributed by atoms with Gasteiger partial charge >= 0.3 is 5.97 Å². The monoisotopic (exact) mass is 270 g/mol. The van der Waals surface area contributed by atoms with Crippen molar-refractivity contribution in [3.8, 4) is 0 Å². The van der Waals surface area contributed by atoms with Crippen molar-refractivity contribution in [1.29, 1.82) is 0 Å². The zero-order valence-corrected chi connectivity index (χ0v) is 10.5. The molecule has 1 aliphatic rings. The van der Waals surface area contributed by atoms with Gasteiger partial charge in [-0.25, -0.2) is 0 Å². The smallest absolute Gasteiger partial charge is 0.321 e. The molecule has 2 atom stereocenters. The highest BCUT2D eigenvalue weighted by Crippen LogP contribution is 2.19. The lowest BCUT2D eigenvalue weighted by atomic mass is 10.2. The van der Waals surface area contributed by atoms with Crippen molar-refractivity contribution in [1.82, 2.24) is 4.90 Å². The summed E-state index contributed by atoms with van der Waals surface area (Å²) in [5.41, 5.74) is 0.866. The Labute approximate surface area is 110 Å². The van der Waals surface area contributed by atoms with Crippen molar-refractivity contribution < 1.29 is 15.0 Å². The van der Waals surface area contributed by atoms with Crippen LogP contribution in [0.4, 0.5) is 5.69 Å². The molecule has 0 unspecified atom stereocenters. The lowest BCUT2D eigenvalue weighted by molar-refractivity contribution is -0.142. The van der Waals surface area contributed by atoms with Crippen molar-refractivity contribution in [3.63, 3.8) is 0 Å². The first kappa shape index (κ1) is 13.1. The molecule has 0 aliphatic carbocycles. The number of rotatable bonds is 4. The molecule has 18 heavy (non-hydrogen) atoms. The van der Waals surface area contributed by atoms with E-state index in [9.17, 15) is 9.90 Å². The van der Waals surface area contributed by atoms with E-state index >= 15 is 0 Å². The second kappa shape index (κ2) is 5.56. The summed E-state index contributed by atoms with van der Waals surface area (Å²) in [5, 5.41) is 22.3. The van der Waals surface area contributed by atoms with Crippen LogP contribution in [0.15, 0.2) is 24.3 Å². The van der Waals surface area contributed by atoms with E-state index in [-0.39, 0.29) is 6.42 Å². The molecule has 6 heteroatoms. The van der Waals surface area contributed by atoms with Crippen molar-refractivity contribution in [2.45, 2.75) is 18.6 Å². The van der Waals surface area contributed by atoms with E-state index in [2.05, 4.69) is 5.32 Å². The van der Waals surface area contributed by atoms with Crippen molar-refractivity contribution in [3.05, 3.63) is 29.3 Å². The van der Waals surface area contributed by atoms with Gasteiger partial charge in [-0.3, -0.25) is 9.69 Å². The third kappa shape index (κ3) is 3.13. The molecule has 5 nitrogen and oxygen atoms in total. The molecule has 0 bridgehead atoms. The number of β-amino-alcohol motifs (C(OH)–C–C–N with tert-alkyl or cyclic N) is 1. The van der Waals surface area contributed by atoms with E-state index < -0.39 is 18.1 Å². The van der Waals surface area contributed by atoms with Crippen LogP contribution in [0.2, 0.25) is 5.02 Å². The molecular weight excluding hydrogens is 256 g/mol. The minimum Gasteiger partial charge on any atom is -0.480 e. The van der Waals surface area contributed by atoms with Crippen molar-refractivity contribution >= 4 is 23.3 Å². The van der Waals surface area contributed by atoms with Crippen LogP contribution < -0.4 is 5.32 Å². The van der Waals surface area contributed by atoms with E-state index in [4.69, 9.17) is 16.7 Å². The highest BCUT2D eigenvalue weighted by Gasteiger charge is 2.35. The second-order valence-corrected chi connectivity index (χ2v) is 4.79. The zero-order chi connectivity index (χ0) is 13.1. The average molecular weight is 271 g/mol. The minimum absolute atomic E-state index is 0.275. The fourth-order valence-electron chi connectivity index (χ4n) is 2.07. The van der Waals surface area contributed by atoms with Gasteiger partial charge in [0.05, 0.1) is 12.8 Å². The standard InChI is InChI=1S/C12H15ClN2O3/c13-8-1-3-9(4-2-8)14-7-15-6-10(16)5-11(15)12(17)18/h1-4,10-11,14,16H,5-7H2,(H,17,18)/t10-,11-/m1/s1. The summed E-state index contributed by atoms with van der Waals surface area (Å²) in [5.74, 6) is -0.899. The summed E-state index contributed by atoms with van der Waals surface area (Å²) in [6, 6.07) is 6.55. The van der Waals surface area contributed by atoms with Crippen LogP contribution in [0, 0.1) is 0 Å². The maximum absolute atomic E-state index is 11.0. The summed E-state index contributed by atoms with van der Waals surface area (Å²) < 4.78 is 0. The maximum atomic E-state index is 11.0. The molecule has 0 aromatic heterocycles. The van der Waals surface area contributed by atoms with Crippen LogP contribution in [0.1, 0.15) is 6.42 Å². The molecule has 1 aromatic carbocycles. The lowest BCUT2D eigenvalue weighted by Gasteiger charge is -2.21. The van der Waals surface area contributed by atoms with Crippen LogP contribution in [-0.4, -0.2) is 46.4 Å². The first-order chi connectivity index (χ1) is 8.56. The first-order valence-corrected chi connectivity index (χ1v) is 6.08. The topological polar surface area (TPSA) is 72.8 Å². The molecule has 3 N–H and O–H groups in total. The average Bonchev–Trinajstić information content (AvgIpc) is 2.70. The normalized spacial score (nSPS) is 24.1. The van der Waals surface area contributed by atoms with E-state index in [1.165, 1.54) is 0 Å². The summed E-state index contributed by atoms with van der Waals surface area (Å²) in [4.78, 5) is 12.7. The predicted octanol–water partition coefficient (Wildman–Crippen LogP) is 1.23. The molecule has 0 saturated carbocycles. The maximum Gasteiger partial charge on any atom is 0.321 e. The van der Waals surface area contributed by atoms with Gasteiger partial charge < -0.3 is 15.5 Å². The van der Waals surface area contributed by atoms with Crippen molar-refractivity contribution in [2.75, 3.05) is 18.5 Å². The Morgan fingerprint density at radius 2 is 2.11 bits per heavy atom. The Balaban J connectivity index is 1.93. The third-order valence-electron chi connectivity index (χ3n) is 3.00. The third-order valence-corrected chi connectivity index (χ3v) is 3.25. The number of hydrogen-bond acceptors (Lipinski definition) is 4. The molecule has 2 rings (SSSR count). The first-order valence-electron chi connectivity index (χ1n) is 5.70. The van der Waals surface area contributed by atoms with Crippen LogP contribution >= 0.6 is 11.6 Å². The van der Waals surface area contributed by atoms with E-state index in [0.717, 1.165) is 5.69 Å². The summed E-state index contributed by atoms with van der Waals surface area (Å²) in [7, 11) is 0. The van der Waals surface area contributed by atoms with Gasteiger partial charge in [-0.1, -0.05) is 11.6 Å². The number of carboxylic acid groups (broad SMARTS) is 1. The number of aliphatic hydroxyl groups is 1. The van der Waals surface area contributed by atoms with Gasteiger partial charge in [-0.15, -0.1) is 0 Å². The Bertz CT molecular complexity index is 424. The van der Waals surface area contributed by atoms with Gasteiger partial charge in [0.1, 0.15) is 6.04 Å². The minimum atomic E-state index is -0.899. The van der Waals surface area contributed by atoms with E-state index in [1.807, 2.05) is 12.1 Å². The number of halogens is 1. The van der Waals surface area contributed by atoms with Gasteiger partial charge in [-0.05, 0) is 24.3 Å². The fourth-order valence-corrected chi connectivity index (χ4v) is 2.20. The highest BCUT2D eigenvalue weighted by atomic mass is 35.5. The van der Waals surface area contributed by atoms with E-state index in [1.54, 1.807) is 17.0 Å². The zero-order valence-electron chi connectivity index (χ0n) is 9.71. The molecule has 1 aliphatic heterocycles. The molecule has 98 valence electrons. The number of carboxylic acids is 1. The Hall–Kier alpha value is -1.30. The molecule has 0 amide bonds. The summed E-state index contributed by atoms with van der Waals surface area (Å²) >= 11 is 5.77. The fraction of sp³-hybridized carbons (Fsp3) is 0.417. The number of aliphatic carboxylic acids is 1. The number of nitrogens with zero attached hydrogens (tertiary/aromatic N) is 1. The SMILES string of the molecule is O=C(O)[C@H]1C[C@@H](O)CN1CNc1ccc(Cl)cc1. The number of nitrogens with one attached hydrogen (secondary N) is 1. The molecule has 0 radical (unpaired) electrons. The van der Waals surface area contributed by atoms with Gasteiger partial charge in [0, 0.05) is 23.7 Å². The van der Waals surface area contributed by atoms with E-state index in [0.29, 0.717) is 18.2 Å². The van der Waals surface area contributed by atoms with Crippen LogP contribution in [0.3, 0.4) is 0 Å². The highest BCUT2D eigenvalue weighted by molar-refractivity contribution is 6.30. The quantitative estimate of drug-likeness (QED) is 0.767. The largest absolute Gasteiger partial charge is 0.480 e. The Morgan fingerprint density at radius 1 is 1.44 bits per heavy atom. The lowest BCUT2D eigenvalue weighted by Crippen LogP contribution is -2.39. The van der Waals surface area contributed by atoms with Gasteiger partial charge in [-0.2, -0.15) is 0 Å². The van der Waals surface area contributed by atoms with Gasteiger partial charge in [0.25, 0.3) is 0 Å². The van der Waals surface area contributed by atoms with Crippen molar-refractivity contribution in [2.24, 2.45) is 0 Å². The molecular formula is C12H15ClN2O3. The molecule has 1 saturated heterocycles.